The fraction of sp³-hybridized carbons (Fsp3) is 0.923. The van der Waals surface area contributed by atoms with E-state index in [0.29, 0.717) is 26.1 Å². The molecule has 0 bridgehead atoms. The Hall–Kier alpha value is -0.440. The maximum absolute atomic E-state index is 11.8. The Morgan fingerprint density at radius 1 is 0.559 bits per heavy atom. The normalized spacial score (nSPS) is 11.4. The van der Waals surface area contributed by atoms with Crippen LogP contribution in [0.5, 0.6) is 0 Å². The molecule has 0 amide bonds. The summed E-state index contributed by atoms with van der Waals surface area (Å²) < 4.78 is 10.6. The van der Waals surface area contributed by atoms with Crippen molar-refractivity contribution in [3.63, 3.8) is 0 Å². The minimum Gasteiger partial charge on any atom is -0.466 e. The van der Waals surface area contributed by atoms with Gasteiger partial charge in [-0.3, -0.25) is 9.59 Å². The van der Waals surface area contributed by atoms with Crippen LogP contribution in [0, 0.1) is 0 Å². The van der Waals surface area contributed by atoms with Crippen LogP contribution in [0.15, 0.2) is 0 Å². The van der Waals surface area contributed by atoms with Gasteiger partial charge in [0.15, 0.2) is 0 Å². The molecule has 0 unspecified atom stereocenters. The second-order valence-electron chi connectivity index (χ2n) is 8.47. The highest BCUT2D eigenvalue weighted by Crippen LogP contribution is 2.23. The highest BCUT2D eigenvalue weighted by Gasteiger charge is 2.06. The predicted octanol–water partition coefficient (Wildman–Crippen LogP) is 6.04. The highest BCUT2D eigenvalue weighted by molar-refractivity contribution is 8.76. The lowest BCUT2D eigenvalue weighted by atomic mass is 10.2. The lowest BCUT2D eigenvalue weighted by Gasteiger charge is -2.17. The zero-order valence-electron chi connectivity index (χ0n) is 22.5. The molecule has 0 N–H and O–H groups in total. The van der Waals surface area contributed by atoms with Crippen LogP contribution < -0.4 is 0 Å². The van der Waals surface area contributed by atoms with E-state index in [0.717, 1.165) is 76.5 Å². The molecule has 0 aromatic heterocycles. The number of hydrogen-bond acceptors (Lipinski definition) is 8. The van der Waals surface area contributed by atoms with E-state index in [1.54, 1.807) is 21.6 Å². The number of unbranched alkanes of at least 4 members (excludes halogenated alkanes) is 6. The lowest BCUT2D eigenvalue weighted by molar-refractivity contribution is -0.144. The monoisotopic (exact) mass is 520 g/mol. The summed E-state index contributed by atoms with van der Waals surface area (Å²) in [7, 11) is 3.25. The topological polar surface area (TPSA) is 59.1 Å². The van der Waals surface area contributed by atoms with Crippen molar-refractivity contribution >= 4 is 33.5 Å². The zero-order valence-corrected chi connectivity index (χ0v) is 24.1. The van der Waals surface area contributed by atoms with E-state index < -0.39 is 0 Å². The molecule has 0 saturated carbocycles. The van der Waals surface area contributed by atoms with E-state index in [1.165, 1.54) is 25.7 Å². The van der Waals surface area contributed by atoms with Gasteiger partial charge in [0, 0.05) is 11.5 Å². The fourth-order valence-corrected chi connectivity index (χ4v) is 5.49. The third-order valence-electron chi connectivity index (χ3n) is 5.91. The minimum absolute atomic E-state index is 0.118. The summed E-state index contributed by atoms with van der Waals surface area (Å²) in [6, 6.07) is 0. The number of ether oxygens (including phenoxy) is 2. The number of carbonyl (C=O) groups is 2. The van der Waals surface area contributed by atoms with E-state index in [-0.39, 0.29) is 11.9 Å². The van der Waals surface area contributed by atoms with E-state index in [1.807, 2.05) is 0 Å². The Morgan fingerprint density at radius 2 is 0.912 bits per heavy atom. The van der Waals surface area contributed by atoms with Gasteiger partial charge in [0.25, 0.3) is 0 Å². The first kappa shape index (κ1) is 33.6. The van der Waals surface area contributed by atoms with Gasteiger partial charge in [0.1, 0.15) is 0 Å². The first-order valence-corrected chi connectivity index (χ1v) is 16.1. The molecule has 0 spiro atoms. The maximum Gasteiger partial charge on any atom is 0.306 e. The zero-order chi connectivity index (χ0) is 25.3. The SMILES string of the molecule is CCN(CC)CCCCCCOC(=O)CCSSCCC(=O)OCCCCCCN(CC)CC. The Kier molecular flexibility index (Phi) is 25.3. The van der Waals surface area contributed by atoms with Crippen LogP contribution in [0.1, 0.15) is 91.9 Å². The molecule has 0 radical (unpaired) electrons. The molecule has 0 atom stereocenters. The van der Waals surface area contributed by atoms with Gasteiger partial charge in [-0.2, -0.15) is 0 Å². The number of hydrogen-bond donors (Lipinski definition) is 0. The van der Waals surface area contributed by atoms with Crippen LogP contribution >= 0.6 is 21.6 Å². The smallest absolute Gasteiger partial charge is 0.306 e. The molecule has 0 aliphatic heterocycles. The van der Waals surface area contributed by atoms with Crippen molar-refractivity contribution in [1.29, 1.82) is 0 Å². The van der Waals surface area contributed by atoms with Gasteiger partial charge in [0.05, 0.1) is 26.1 Å². The van der Waals surface area contributed by atoms with Gasteiger partial charge in [-0.25, -0.2) is 0 Å². The van der Waals surface area contributed by atoms with Crippen LogP contribution in [0.4, 0.5) is 0 Å². The number of esters is 2. The molecular weight excluding hydrogens is 468 g/mol. The van der Waals surface area contributed by atoms with Gasteiger partial charge < -0.3 is 19.3 Å². The van der Waals surface area contributed by atoms with E-state index in [4.69, 9.17) is 9.47 Å². The van der Waals surface area contributed by atoms with E-state index in [2.05, 4.69) is 37.5 Å². The van der Waals surface area contributed by atoms with Gasteiger partial charge in [-0.15, -0.1) is 0 Å². The van der Waals surface area contributed by atoms with Crippen LogP contribution in [0.3, 0.4) is 0 Å². The molecule has 34 heavy (non-hydrogen) atoms. The number of nitrogens with zero attached hydrogens (tertiary/aromatic N) is 2. The molecule has 0 saturated heterocycles. The van der Waals surface area contributed by atoms with Gasteiger partial charge in [-0.1, -0.05) is 75.0 Å². The second kappa shape index (κ2) is 25.6. The van der Waals surface area contributed by atoms with Gasteiger partial charge >= 0.3 is 11.9 Å². The number of carbonyl (C=O) groups excluding carboxylic acids is 2. The van der Waals surface area contributed by atoms with Crippen molar-refractivity contribution in [2.24, 2.45) is 0 Å². The van der Waals surface area contributed by atoms with Crippen molar-refractivity contribution in [1.82, 2.24) is 9.80 Å². The highest BCUT2D eigenvalue weighted by atomic mass is 33.1. The number of rotatable bonds is 25. The summed E-state index contributed by atoms with van der Waals surface area (Å²) in [5, 5.41) is 0. The molecule has 0 rings (SSSR count). The predicted molar refractivity (Wildman–Crippen MR) is 149 cm³/mol. The summed E-state index contributed by atoms with van der Waals surface area (Å²) in [5.74, 6) is 1.20. The van der Waals surface area contributed by atoms with Gasteiger partial charge in [0.2, 0.25) is 0 Å². The standard InChI is InChI=1S/C26H52N2O4S2/c1-5-27(6-2)19-13-9-11-15-21-31-25(29)17-23-33-34-24-18-26(30)32-22-16-12-10-14-20-28(7-3)8-4/h5-24H2,1-4H3. The molecule has 0 aliphatic rings. The van der Waals surface area contributed by atoms with Crippen molar-refractivity contribution in [3.05, 3.63) is 0 Å². The molecule has 6 nitrogen and oxygen atoms in total. The van der Waals surface area contributed by atoms with Crippen LogP contribution in [-0.4, -0.2) is 85.7 Å². The minimum atomic E-state index is -0.118. The first-order valence-electron chi connectivity index (χ1n) is 13.6. The molecule has 0 heterocycles. The second-order valence-corrected chi connectivity index (χ2v) is 11.2. The molecule has 0 aliphatic carbocycles. The summed E-state index contributed by atoms with van der Waals surface area (Å²) >= 11 is 0. The maximum atomic E-state index is 11.8. The van der Waals surface area contributed by atoms with Crippen molar-refractivity contribution in [3.8, 4) is 0 Å². The molecule has 0 aromatic carbocycles. The fourth-order valence-electron chi connectivity index (χ4n) is 3.55. The van der Waals surface area contributed by atoms with Crippen molar-refractivity contribution in [2.45, 2.75) is 91.9 Å². The third kappa shape index (κ3) is 22.1. The van der Waals surface area contributed by atoms with Crippen LogP contribution in [-0.2, 0) is 19.1 Å². The van der Waals surface area contributed by atoms with Crippen molar-refractivity contribution < 1.29 is 19.1 Å². The average Bonchev–Trinajstić information content (AvgIpc) is 2.84. The molecular formula is C26H52N2O4S2. The van der Waals surface area contributed by atoms with E-state index in [9.17, 15) is 9.59 Å². The Balaban J connectivity index is 3.38. The lowest BCUT2D eigenvalue weighted by Crippen LogP contribution is -2.23. The molecule has 0 fully saturated rings. The summed E-state index contributed by atoms with van der Waals surface area (Å²) in [6.07, 6.45) is 9.81. The van der Waals surface area contributed by atoms with Crippen LogP contribution in [0.25, 0.3) is 0 Å². The molecule has 8 heteroatoms. The first-order chi connectivity index (χ1) is 16.6. The van der Waals surface area contributed by atoms with E-state index >= 15 is 0 Å². The average molecular weight is 521 g/mol. The van der Waals surface area contributed by atoms with Crippen LogP contribution in [0.2, 0.25) is 0 Å². The third-order valence-corrected chi connectivity index (χ3v) is 8.32. The van der Waals surface area contributed by atoms with Crippen molar-refractivity contribution in [2.75, 3.05) is 64.0 Å². The Bertz CT molecular complexity index is 434. The summed E-state index contributed by atoms with van der Waals surface area (Å²) in [6.45, 7) is 16.7. The Morgan fingerprint density at radius 3 is 1.26 bits per heavy atom. The summed E-state index contributed by atoms with van der Waals surface area (Å²) in [5.41, 5.74) is 0. The summed E-state index contributed by atoms with van der Waals surface area (Å²) in [4.78, 5) is 28.5. The molecule has 0 aromatic rings. The molecule has 202 valence electrons. The Labute approximate surface area is 218 Å². The van der Waals surface area contributed by atoms with Gasteiger partial charge in [-0.05, 0) is 65.0 Å². The quantitative estimate of drug-likeness (QED) is 0.0820. The largest absolute Gasteiger partial charge is 0.466 e.